The summed E-state index contributed by atoms with van der Waals surface area (Å²) in [5.74, 6) is -0.0552. The van der Waals surface area contributed by atoms with Crippen molar-refractivity contribution in [2.24, 2.45) is 7.05 Å². The molecule has 0 atom stereocenters. The number of aryl methyl sites for hydroxylation is 1. The van der Waals surface area contributed by atoms with E-state index in [9.17, 15) is 4.79 Å². The van der Waals surface area contributed by atoms with Gasteiger partial charge in [-0.15, -0.1) is 0 Å². The van der Waals surface area contributed by atoms with Crippen LogP contribution in [0.1, 0.15) is 21.6 Å². The number of hydrogen-bond acceptors (Lipinski definition) is 4. The third-order valence-corrected chi connectivity index (χ3v) is 3.49. The fourth-order valence-electron chi connectivity index (χ4n) is 2.04. The second-order valence-corrected chi connectivity index (χ2v) is 5.24. The van der Waals surface area contributed by atoms with Crippen LogP contribution in [0.3, 0.4) is 0 Å². The minimum atomic E-state index is -0.0552. The highest BCUT2D eigenvalue weighted by Gasteiger charge is 2.14. The Hall–Kier alpha value is -2.50. The Morgan fingerprint density at radius 3 is 2.71 bits per heavy atom. The monoisotopic (exact) mass is 287 g/mol. The quantitative estimate of drug-likeness (QED) is 0.838. The number of nitrogens with one attached hydrogen (secondary N) is 1. The van der Waals surface area contributed by atoms with Crippen LogP contribution in [-0.2, 0) is 13.6 Å². The predicted octanol–water partition coefficient (Wildman–Crippen LogP) is 1.62. The zero-order valence-corrected chi connectivity index (χ0v) is 12.8. The molecule has 0 saturated carbocycles. The largest absolute Gasteiger partial charge is 0.399 e. The Bertz CT molecular complexity index is 660. The van der Waals surface area contributed by atoms with E-state index in [0.29, 0.717) is 17.8 Å². The van der Waals surface area contributed by atoms with Crippen LogP contribution in [-0.4, -0.2) is 34.7 Å². The van der Waals surface area contributed by atoms with Crippen LogP contribution in [0.25, 0.3) is 0 Å². The summed E-state index contributed by atoms with van der Waals surface area (Å²) in [6, 6.07) is 5.26. The second kappa shape index (κ2) is 5.87. The first kappa shape index (κ1) is 14.9. The molecule has 6 nitrogen and oxygen atoms in total. The number of anilines is 2. The van der Waals surface area contributed by atoms with Crippen molar-refractivity contribution >= 4 is 17.3 Å². The minimum absolute atomic E-state index is 0.0552. The molecule has 0 unspecified atom stereocenters. The zero-order valence-electron chi connectivity index (χ0n) is 12.8. The normalized spacial score (nSPS) is 10.5. The molecular formula is C15H21N5O. The third-order valence-electron chi connectivity index (χ3n) is 3.49. The highest BCUT2D eigenvalue weighted by atomic mass is 16.2. The summed E-state index contributed by atoms with van der Waals surface area (Å²) in [6.07, 6.45) is 1.82. The molecule has 1 heterocycles. The number of aromatic nitrogens is 2. The lowest BCUT2D eigenvalue weighted by Crippen LogP contribution is -2.23. The molecule has 0 bridgehead atoms. The smallest absolute Gasteiger partial charge is 0.255 e. The van der Waals surface area contributed by atoms with Gasteiger partial charge in [0, 0.05) is 50.3 Å². The van der Waals surface area contributed by atoms with Crippen LogP contribution in [0.4, 0.5) is 11.4 Å². The topological polar surface area (TPSA) is 76.2 Å². The molecule has 1 amide bonds. The molecule has 0 aliphatic heterocycles. The molecule has 0 fully saturated rings. The lowest BCUT2D eigenvalue weighted by Gasteiger charge is -2.16. The molecule has 0 saturated heterocycles. The first-order valence-electron chi connectivity index (χ1n) is 6.72. The highest BCUT2D eigenvalue weighted by Crippen LogP contribution is 2.21. The molecule has 1 aromatic heterocycles. The summed E-state index contributed by atoms with van der Waals surface area (Å²) < 4.78 is 1.82. The molecule has 6 heteroatoms. The SMILES string of the molecule is Cc1c(CNc2cc(N)ccc2C(=O)N(C)C)cnn1C. The molecule has 0 radical (unpaired) electrons. The maximum Gasteiger partial charge on any atom is 0.255 e. The Kier molecular flexibility index (Phi) is 4.16. The van der Waals surface area contributed by atoms with Crippen molar-refractivity contribution in [3.05, 3.63) is 41.2 Å². The average molecular weight is 287 g/mol. The van der Waals surface area contributed by atoms with Crippen molar-refractivity contribution in [1.29, 1.82) is 0 Å². The molecule has 0 aliphatic carbocycles. The number of hydrogen-bond donors (Lipinski definition) is 2. The maximum absolute atomic E-state index is 12.2. The van der Waals surface area contributed by atoms with Crippen LogP contribution >= 0.6 is 0 Å². The number of rotatable bonds is 4. The van der Waals surface area contributed by atoms with Crippen molar-refractivity contribution in [2.75, 3.05) is 25.1 Å². The number of benzene rings is 1. The number of carbonyl (C=O) groups excluding carboxylic acids is 1. The Morgan fingerprint density at radius 2 is 2.14 bits per heavy atom. The van der Waals surface area contributed by atoms with Gasteiger partial charge in [0.05, 0.1) is 11.8 Å². The van der Waals surface area contributed by atoms with Gasteiger partial charge in [0.15, 0.2) is 0 Å². The first-order valence-corrected chi connectivity index (χ1v) is 6.72. The number of amides is 1. The van der Waals surface area contributed by atoms with Crippen molar-refractivity contribution in [3.8, 4) is 0 Å². The van der Waals surface area contributed by atoms with Crippen molar-refractivity contribution in [2.45, 2.75) is 13.5 Å². The molecule has 0 spiro atoms. The standard InChI is InChI=1S/C15H21N5O/c1-10-11(9-18-20(10)4)8-17-14-7-12(16)5-6-13(14)15(21)19(2)3/h5-7,9,17H,8,16H2,1-4H3. The van der Waals surface area contributed by atoms with E-state index in [-0.39, 0.29) is 5.91 Å². The fraction of sp³-hybridized carbons (Fsp3) is 0.333. The van der Waals surface area contributed by atoms with E-state index in [1.165, 1.54) is 0 Å². The lowest BCUT2D eigenvalue weighted by molar-refractivity contribution is 0.0828. The minimum Gasteiger partial charge on any atom is -0.399 e. The lowest BCUT2D eigenvalue weighted by atomic mass is 10.1. The summed E-state index contributed by atoms with van der Waals surface area (Å²) >= 11 is 0. The van der Waals surface area contributed by atoms with E-state index in [4.69, 9.17) is 5.73 Å². The predicted molar refractivity (Wildman–Crippen MR) is 84.1 cm³/mol. The van der Waals surface area contributed by atoms with Gasteiger partial charge in [-0.2, -0.15) is 5.10 Å². The molecule has 21 heavy (non-hydrogen) atoms. The molecule has 2 rings (SSSR count). The van der Waals surface area contributed by atoms with Gasteiger partial charge in [0.25, 0.3) is 5.91 Å². The van der Waals surface area contributed by atoms with E-state index in [1.54, 1.807) is 37.2 Å². The first-order chi connectivity index (χ1) is 9.90. The summed E-state index contributed by atoms with van der Waals surface area (Å²) in [5.41, 5.74) is 9.96. The van der Waals surface area contributed by atoms with Gasteiger partial charge in [-0.05, 0) is 25.1 Å². The van der Waals surface area contributed by atoms with Gasteiger partial charge < -0.3 is 16.0 Å². The van der Waals surface area contributed by atoms with Crippen LogP contribution in [0, 0.1) is 6.92 Å². The van der Waals surface area contributed by atoms with Crippen LogP contribution in [0.2, 0.25) is 0 Å². The summed E-state index contributed by atoms with van der Waals surface area (Å²) in [6.45, 7) is 2.60. The highest BCUT2D eigenvalue weighted by molar-refractivity contribution is 5.99. The zero-order chi connectivity index (χ0) is 15.6. The van der Waals surface area contributed by atoms with E-state index in [1.807, 2.05) is 24.9 Å². The molecule has 1 aromatic carbocycles. The molecule has 0 aliphatic rings. The van der Waals surface area contributed by atoms with Crippen LogP contribution in [0.15, 0.2) is 24.4 Å². The van der Waals surface area contributed by atoms with Crippen molar-refractivity contribution < 1.29 is 4.79 Å². The number of nitrogens with zero attached hydrogens (tertiary/aromatic N) is 3. The maximum atomic E-state index is 12.2. The average Bonchev–Trinajstić information content (AvgIpc) is 2.76. The molecule has 2 aromatic rings. The molecule has 112 valence electrons. The number of carbonyl (C=O) groups is 1. The van der Waals surface area contributed by atoms with Crippen LogP contribution < -0.4 is 11.1 Å². The summed E-state index contributed by atoms with van der Waals surface area (Å²) in [4.78, 5) is 13.7. The van der Waals surface area contributed by atoms with E-state index in [0.717, 1.165) is 16.9 Å². The van der Waals surface area contributed by atoms with Crippen molar-refractivity contribution in [3.63, 3.8) is 0 Å². The molecular weight excluding hydrogens is 266 g/mol. The van der Waals surface area contributed by atoms with Crippen LogP contribution in [0.5, 0.6) is 0 Å². The Balaban J connectivity index is 2.24. The van der Waals surface area contributed by atoms with Crippen molar-refractivity contribution in [1.82, 2.24) is 14.7 Å². The van der Waals surface area contributed by atoms with Gasteiger partial charge in [0.1, 0.15) is 0 Å². The molecule has 3 N–H and O–H groups in total. The van der Waals surface area contributed by atoms with E-state index < -0.39 is 0 Å². The van der Waals surface area contributed by atoms with Gasteiger partial charge in [0.2, 0.25) is 0 Å². The van der Waals surface area contributed by atoms with Gasteiger partial charge in [-0.1, -0.05) is 0 Å². The third kappa shape index (κ3) is 3.16. The Morgan fingerprint density at radius 1 is 1.43 bits per heavy atom. The number of nitrogens with two attached hydrogens (primary N) is 1. The second-order valence-electron chi connectivity index (χ2n) is 5.24. The Labute approximate surface area is 124 Å². The van der Waals surface area contributed by atoms with Gasteiger partial charge >= 0.3 is 0 Å². The summed E-state index contributed by atoms with van der Waals surface area (Å²) in [7, 11) is 5.36. The van der Waals surface area contributed by atoms with Gasteiger partial charge in [-0.25, -0.2) is 0 Å². The number of nitrogen functional groups attached to an aromatic ring is 1. The van der Waals surface area contributed by atoms with E-state index in [2.05, 4.69) is 10.4 Å². The summed E-state index contributed by atoms with van der Waals surface area (Å²) in [5, 5.41) is 7.49. The van der Waals surface area contributed by atoms with E-state index >= 15 is 0 Å². The fourth-order valence-corrected chi connectivity index (χ4v) is 2.04. The van der Waals surface area contributed by atoms with Gasteiger partial charge in [-0.3, -0.25) is 9.48 Å².